The van der Waals surface area contributed by atoms with Crippen LogP contribution in [0.25, 0.3) is 0 Å². The van der Waals surface area contributed by atoms with E-state index in [0.29, 0.717) is 36.0 Å². The van der Waals surface area contributed by atoms with Gasteiger partial charge < -0.3 is 15.8 Å². The Hall–Kier alpha value is -3.73. The van der Waals surface area contributed by atoms with E-state index in [4.69, 9.17) is 15.5 Å². The third-order valence-corrected chi connectivity index (χ3v) is 7.64. The third-order valence-electron chi connectivity index (χ3n) is 5.50. The van der Waals surface area contributed by atoms with Gasteiger partial charge in [0, 0.05) is 36.3 Å². The number of rotatable bonds is 11. The number of halogens is 1. The van der Waals surface area contributed by atoms with Gasteiger partial charge in [0.25, 0.3) is 0 Å². The monoisotopic (exact) mass is 593 g/mol. The molecule has 0 unspecified atom stereocenters. The molecule has 1 heterocycles. The van der Waals surface area contributed by atoms with Crippen LogP contribution in [-0.4, -0.2) is 40.0 Å². The molecule has 1 aliphatic rings. The first-order valence-corrected chi connectivity index (χ1v) is 14.2. The zero-order chi connectivity index (χ0) is 27.0. The van der Waals surface area contributed by atoms with Crippen molar-refractivity contribution in [1.29, 1.82) is 0 Å². The predicted molar refractivity (Wildman–Crippen MR) is 157 cm³/mol. The van der Waals surface area contributed by atoms with Crippen LogP contribution in [0.1, 0.15) is 12.5 Å². The maximum Gasteiger partial charge on any atom is 0.240 e. The van der Waals surface area contributed by atoms with Crippen LogP contribution in [0.5, 0.6) is 11.5 Å². The number of nitrogens with one attached hydrogen (secondary N) is 2. The number of allylic oxidation sites excluding steroid dienone is 3. The van der Waals surface area contributed by atoms with Gasteiger partial charge in [0.15, 0.2) is 0 Å². The van der Waals surface area contributed by atoms with E-state index in [1.165, 1.54) is 12.1 Å². The summed E-state index contributed by atoms with van der Waals surface area (Å²) in [6.45, 7) is 2.95. The minimum atomic E-state index is -3.67. The van der Waals surface area contributed by atoms with Crippen molar-refractivity contribution in [3.63, 3.8) is 0 Å². The molecule has 0 amide bonds. The maximum atomic E-state index is 12.7. The number of ether oxygens (including phenoxy) is 1. The fourth-order valence-corrected chi connectivity index (χ4v) is 4.98. The molecule has 38 heavy (non-hydrogen) atoms. The van der Waals surface area contributed by atoms with E-state index in [1.807, 2.05) is 67.6 Å². The van der Waals surface area contributed by atoms with E-state index < -0.39 is 10.0 Å². The van der Waals surface area contributed by atoms with Crippen LogP contribution in [0.3, 0.4) is 0 Å². The summed E-state index contributed by atoms with van der Waals surface area (Å²) >= 11 is 3.48. The normalized spacial score (nSPS) is 14.2. The Bertz CT molecular complexity index is 1500. The van der Waals surface area contributed by atoms with Gasteiger partial charge in [-0.25, -0.2) is 18.1 Å². The highest BCUT2D eigenvalue weighted by molar-refractivity contribution is 9.12. The Morgan fingerprint density at radius 2 is 1.71 bits per heavy atom. The minimum Gasteiger partial charge on any atom is -0.457 e. The zero-order valence-electron chi connectivity index (χ0n) is 20.8. The number of nitrogens with zero attached hydrogens (tertiary/aromatic N) is 2. The summed E-state index contributed by atoms with van der Waals surface area (Å²) in [7, 11) is -3.67. The summed E-state index contributed by atoms with van der Waals surface area (Å²) in [5.74, 6) is 1.24. The molecule has 3 aromatic rings. The van der Waals surface area contributed by atoms with Crippen LogP contribution in [0.15, 0.2) is 116 Å². The highest BCUT2D eigenvalue weighted by atomic mass is 79.9. The van der Waals surface area contributed by atoms with Gasteiger partial charge in [0.2, 0.25) is 10.0 Å². The summed E-state index contributed by atoms with van der Waals surface area (Å²) in [4.78, 5) is 9.17. The highest BCUT2D eigenvalue weighted by Gasteiger charge is 2.14. The number of nitrogen functional groups attached to an aromatic ring is 1. The number of para-hydroxylation sites is 2. The second-order valence-electron chi connectivity index (χ2n) is 8.39. The van der Waals surface area contributed by atoms with Crippen molar-refractivity contribution in [2.24, 2.45) is 9.98 Å². The summed E-state index contributed by atoms with van der Waals surface area (Å²) in [5, 5.41) is 3.23. The van der Waals surface area contributed by atoms with Crippen LogP contribution in [0, 0.1) is 0 Å². The average Bonchev–Trinajstić information content (AvgIpc) is 3.31. The van der Waals surface area contributed by atoms with Gasteiger partial charge in [-0.2, -0.15) is 0 Å². The maximum absolute atomic E-state index is 12.7. The lowest BCUT2D eigenvalue weighted by Gasteiger charge is -2.12. The van der Waals surface area contributed by atoms with Gasteiger partial charge in [-0.1, -0.05) is 36.4 Å². The fraction of sp³-hybridized carbons (Fsp3) is 0.143. The van der Waals surface area contributed by atoms with E-state index in [1.54, 1.807) is 18.3 Å². The topological polar surface area (TPSA) is 118 Å². The SMILES string of the molecule is C/C(=C\C(=NC1=C(Br)C=NC1)c1ccccc1N)NCCNS(=O)(=O)c1ccc(Oc2ccccc2)cc1. The Labute approximate surface area is 231 Å². The molecule has 10 heteroatoms. The molecule has 0 fully saturated rings. The van der Waals surface area contributed by atoms with E-state index >= 15 is 0 Å². The summed E-state index contributed by atoms with van der Waals surface area (Å²) in [6, 6.07) is 23.1. The molecular formula is C28H28BrN5O3S. The van der Waals surface area contributed by atoms with Gasteiger partial charge in [0.05, 0.1) is 27.3 Å². The van der Waals surface area contributed by atoms with Crippen molar-refractivity contribution >= 4 is 43.6 Å². The molecule has 0 aromatic heterocycles. The van der Waals surface area contributed by atoms with Crippen molar-refractivity contribution in [1.82, 2.24) is 10.0 Å². The Morgan fingerprint density at radius 3 is 2.39 bits per heavy atom. The number of hydrogen-bond acceptors (Lipinski definition) is 7. The van der Waals surface area contributed by atoms with Gasteiger partial charge in [0.1, 0.15) is 11.5 Å². The van der Waals surface area contributed by atoms with Gasteiger partial charge in [-0.15, -0.1) is 0 Å². The Morgan fingerprint density at radius 1 is 1.03 bits per heavy atom. The number of benzene rings is 3. The molecule has 196 valence electrons. The molecule has 0 radical (unpaired) electrons. The van der Waals surface area contributed by atoms with Crippen molar-refractivity contribution in [2.45, 2.75) is 11.8 Å². The quantitative estimate of drug-likeness (QED) is 0.164. The minimum absolute atomic E-state index is 0.164. The van der Waals surface area contributed by atoms with E-state index in [2.05, 4.69) is 31.0 Å². The fourth-order valence-electron chi connectivity index (χ4n) is 3.59. The first-order chi connectivity index (χ1) is 18.3. The number of hydrogen-bond donors (Lipinski definition) is 3. The van der Waals surface area contributed by atoms with Crippen LogP contribution < -0.4 is 20.5 Å². The largest absolute Gasteiger partial charge is 0.457 e. The molecule has 0 saturated heterocycles. The lowest BCUT2D eigenvalue weighted by atomic mass is 10.1. The zero-order valence-corrected chi connectivity index (χ0v) is 23.2. The first kappa shape index (κ1) is 27.3. The lowest BCUT2D eigenvalue weighted by molar-refractivity contribution is 0.482. The number of sulfonamides is 1. The molecule has 0 atom stereocenters. The van der Waals surface area contributed by atoms with Crippen molar-refractivity contribution in [3.8, 4) is 11.5 Å². The number of nitrogens with two attached hydrogens (primary N) is 1. The second-order valence-corrected chi connectivity index (χ2v) is 11.0. The smallest absolute Gasteiger partial charge is 0.240 e. The van der Waals surface area contributed by atoms with Crippen molar-refractivity contribution in [2.75, 3.05) is 25.4 Å². The molecule has 0 spiro atoms. The van der Waals surface area contributed by atoms with Crippen LogP contribution in [0.4, 0.5) is 5.69 Å². The molecular weight excluding hydrogens is 566 g/mol. The molecule has 0 saturated carbocycles. The lowest BCUT2D eigenvalue weighted by Crippen LogP contribution is -2.31. The Kier molecular flexibility index (Phi) is 9.11. The molecule has 0 aliphatic carbocycles. The predicted octanol–water partition coefficient (Wildman–Crippen LogP) is 5.01. The molecule has 4 rings (SSSR count). The standard InChI is InChI=1S/C28H28BrN5O3S/c1-20(17-27(24-9-5-6-10-26(24)30)34-28-19-31-18-25(28)29)32-15-16-33-38(35,36)23-13-11-22(12-14-23)37-21-7-3-2-4-8-21/h2-14,17-18,32-33H,15-16,19,30H2,1H3/b20-17+,34-27?. The molecule has 4 N–H and O–H groups in total. The summed E-state index contributed by atoms with van der Waals surface area (Å²) in [6.07, 6.45) is 3.62. The van der Waals surface area contributed by atoms with Crippen LogP contribution in [-0.2, 0) is 10.0 Å². The van der Waals surface area contributed by atoms with Crippen molar-refractivity contribution < 1.29 is 13.2 Å². The van der Waals surface area contributed by atoms with Crippen molar-refractivity contribution in [3.05, 3.63) is 106 Å². The summed E-state index contributed by atoms with van der Waals surface area (Å²) in [5.41, 5.74) is 9.91. The molecule has 1 aliphatic heterocycles. The van der Waals surface area contributed by atoms with Gasteiger partial charge in [-0.3, -0.25) is 4.99 Å². The van der Waals surface area contributed by atoms with E-state index in [0.717, 1.165) is 21.4 Å². The highest BCUT2D eigenvalue weighted by Crippen LogP contribution is 2.23. The third kappa shape index (κ3) is 7.41. The first-order valence-electron chi connectivity index (χ1n) is 11.9. The summed E-state index contributed by atoms with van der Waals surface area (Å²) < 4.78 is 34.6. The number of aliphatic imine (C=N–C) groups is 2. The van der Waals surface area contributed by atoms with Gasteiger partial charge in [-0.05, 0) is 71.4 Å². The number of anilines is 1. The molecule has 8 nitrogen and oxygen atoms in total. The van der Waals surface area contributed by atoms with E-state index in [-0.39, 0.29) is 11.4 Å². The Balaban J connectivity index is 1.36. The van der Waals surface area contributed by atoms with Crippen LogP contribution in [0.2, 0.25) is 0 Å². The molecule has 0 bridgehead atoms. The molecule has 3 aromatic carbocycles. The second kappa shape index (κ2) is 12.7. The van der Waals surface area contributed by atoms with Crippen LogP contribution >= 0.6 is 15.9 Å². The van der Waals surface area contributed by atoms with E-state index in [9.17, 15) is 8.42 Å². The van der Waals surface area contributed by atoms with Gasteiger partial charge >= 0.3 is 0 Å². The average molecular weight is 595 g/mol.